The zero-order valence-corrected chi connectivity index (χ0v) is 19.9. The number of carbonyl (C=O) groups excluding carboxylic acids is 1. The standard InChI is InChI=1S/C26H29N3O3S/c1-16(2)24(18-10-11-21-22(14-18)32-13-5-12-31-21)28-23(30)15-33-26-19-6-3-4-7-20(19)27-25(29-26)17-8-9-17/h3-4,6-7,10-11,14,16-17,24H,5,8-9,12-13,15H2,1-2H3,(H,28,30). The Bertz CT molecular complexity index is 1160. The van der Waals surface area contributed by atoms with Gasteiger partial charge >= 0.3 is 0 Å². The highest BCUT2D eigenvalue weighted by Gasteiger charge is 2.28. The van der Waals surface area contributed by atoms with Crippen molar-refractivity contribution in [2.45, 2.75) is 50.1 Å². The van der Waals surface area contributed by atoms with Crippen molar-refractivity contribution in [2.75, 3.05) is 19.0 Å². The molecule has 1 N–H and O–H groups in total. The highest BCUT2D eigenvalue weighted by Crippen LogP contribution is 2.40. The van der Waals surface area contributed by atoms with Crippen molar-refractivity contribution in [1.29, 1.82) is 0 Å². The molecule has 1 fully saturated rings. The number of fused-ring (bicyclic) bond motifs is 2. The van der Waals surface area contributed by atoms with E-state index in [9.17, 15) is 4.79 Å². The third-order valence-electron chi connectivity index (χ3n) is 5.98. The lowest BCUT2D eigenvalue weighted by atomic mass is 9.95. The van der Waals surface area contributed by atoms with Crippen LogP contribution < -0.4 is 14.8 Å². The van der Waals surface area contributed by atoms with Crippen LogP contribution in [-0.4, -0.2) is 34.8 Å². The average Bonchev–Trinajstić information content (AvgIpc) is 3.67. The summed E-state index contributed by atoms with van der Waals surface area (Å²) in [4.78, 5) is 22.5. The van der Waals surface area contributed by atoms with Crippen LogP contribution in [0.15, 0.2) is 47.5 Å². The Kier molecular flexibility index (Phi) is 6.40. The van der Waals surface area contributed by atoms with E-state index >= 15 is 0 Å². The van der Waals surface area contributed by atoms with Crippen molar-refractivity contribution >= 4 is 28.6 Å². The van der Waals surface area contributed by atoms with Crippen molar-refractivity contribution in [2.24, 2.45) is 5.92 Å². The van der Waals surface area contributed by atoms with Crippen LogP contribution in [0.25, 0.3) is 10.9 Å². The molecule has 1 aromatic heterocycles. The van der Waals surface area contributed by atoms with Crippen molar-refractivity contribution in [3.8, 4) is 11.5 Å². The van der Waals surface area contributed by atoms with Crippen LogP contribution in [0.3, 0.4) is 0 Å². The minimum atomic E-state index is -0.112. The summed E-state index contributed by atoms with van der Waals surface area (Å²) in [5.74, 6) is 3.41. The maximum absolute atomic E-state index is 13.0. The molecule has 2 heterocycles. The summed E-state index contributed by atoms with van der Waals surface area (Å²) in [6, 6.07) is 13.9. The van der Waals surface area contributed by atoms with Gasteiger partial charge in [-0.05, 0) is 42.5 Å². The number of thioether (sulfide) groups is 1. The van der Waals surface area contributed by atoms with Crippen molar-refractivity contribution in [3.05, 3.63) is 53.9 Å². The van der Waals surface area contributed by atoms with Crippen molar-refractivity contribution < 1.29 is 14.3 Å². The van der Waals surface area contributed by atoms with Crippen molar-refractivity contribution in [3.63, 3.8) is 0 Å². The molecule has 1 aliphatic carbocycles. The van der Waals surface area contributed by atoms with Crippen LogP contribution in [0.1, 0.15) is 56.5 Å². The summed E-state index contributed by atoms with van der Waals surface area (Å²) in [7, 11) is 0. The number of nitrogens with one attached hydrogen (secondary N) is 1. The number of rotatable bonds is 7. The molecule has 0 bridgehead atoms. The van der Waals surface area contributed by atoms with E-state index in [1.54, 1.807) is 0 Å². The molecule has 1 atom stereocenters. The fourth-order valence-corrected chi connectivity index (χ4v) is 4.89. The first kappa shape index (κ1) is 22.0. The van der Waals surface area contributed by atoms with Gasteiger partial charge in [0.1, 0.15) is 10.9 Å². The van der Waals surface area contributed by atoms with Gasteiger partial charge in [0, 0.05) is 17.7 Å². The third-order valence-corrected chi connectivity index (χ3v) is 6.97. The minimum absolute atomic E-state index is 0.0125. The van der Waals surface area contributed by atoms with E-state index in [1.807, 2.05) is 42.5 Å². The molecule has 1 saturated carbocycles. The van der Waals surface area contributed by atoms with Gasteiger partial charge in [0.05, 0.1) is 30.5 Å². The van der Waals surface area contributed by atoms with Gasteiger partial charge < -0.3 is 14.8 Å². The number of carbonyl (C=O) groups is 1. The molecule has 2 aromatic carbocycles. The molecule has 0 radical (unpaired) electrons. The van der Waals surface area contributed by atoms with Gasteiger partial charge in [-0.3, -0.25) is 4.79 Å². The molecule has 1 aliphatic heterocycles. The lowest BCUT2D eigenvalue weighted by Crippen LogP contribution is -2.33. The first-order chi connectivity index (χ1) is 16.1. The van der Waals surface area contributed by atoms with Gasteiger partial charge in [-0.15, -0.1) is 0 Å². The van der Waals surface area contributed by atoms with Gasteiger partial charge in [-0.2, -0.15) is 0 Å². The number of para-hydroxylation sites is 1. The molecule has 0 saturated heterocycles. The van der Waals surface area contributed by atoms with Crippen LogP contribution in [0.2, 0.25) is 0 Å². The Labute approximate surface area is 198 Å². The van der Waals surface area contributed by atoms with E-state index in [0.29, 0.717) is 24.9 Å². The monoisotopic (exact) mass is 463 g/mol. The zero-order chi connectivity index (χ0) is 22.8. The zero-order valence-electron chi connectivity index (χ0n) is 19.0. The summed E-state index contributed by atoms with van der Waals surface area (Å²) in [5.41, 5.74) is 1.97. The lowest BCUT2D eigenvalue weighted by Gasteiger charge is -2.24. The maximum Gasteiger partial charge on any atom is 0.230 e. The summed E-state index contributed by atoms with van der Waals surface area (Å²) in [5, 5.41) is 5.11. The van der Waals surface area contributed by atoms with Gasteiger partial charge in [-0.1, -0.05) is 49.9 Å². The maximum atomic E-state index is 13.0. The van der Waals surface area contributed by atoms with E-state index in [0.717, 1.165) is 58.1 Å². The van der Waals surface area contributed by atoms with Gasteiger partial charge in [0.25, 0.3) is 0 Å². The average molecular weight is 464 g/mol. The van der Waals surface area contributed by atoms with Crippen molar-refractivity contribution in [1.82, 2.24) is 15.3 Å². The lowest BCUT2D eigenvalue weighted by molar-refractivity contribution is -0.119. The number of aromatic nitrogens is 2. The fraction of sp³-hybridized carbons (Fsp3) is 0.423. The molecule has 6 nitrogen and oxygen atoms in total. The van der Waals surface area contributed by atoms with E-state index in [2.05, 4.69) is 19.2 Å². The summed E-state index contributed by atoms with van der Waals surface area (Å²) < 4.78 is 11.6. The molecular weight excluding hydrogens is 434 g/mol. The molecule has 1 unspecified atom stereocenters. The van der Waals surface area contributed by atoms with Gasteiger partial charge in [0.15, 0.2) is 11.5 Å². The Morgan fingerprint density at radius 1 is 1.09 bits per heavy atom. The number of ether oxygens (including phenoxy) is 2. The molecule has 0 spiro atoms. The van der Waals surface area contributed by atoms with Gasteiger partial charge in [-0.25, -0.2) is 9.97 Å². The summed E-state index contributed by atoms with van der Waals surface area (Å²) >= 11 is 1.48. The fourth-order valence-electron chi connectivity index (χ4n) is 4.06. The van der Waals surface area contributed by atoms with E-state index < -0.39 is 0 Å². The number of amides is 1. The second-order valence-corrected chi connectivity index (χ2v) is 9.98. The Hall–Kier alpha value is -2.80. The minimum Gasteiger partial charge on any atom is -0.490 e. The topological polar surface area (TPSA) is 73.3 Å². The quantitative estimate of drug-likeness (QED) is 0.380. The first-order valence-electron chi connectivity index (χ1n) is 11.7. The highest BCUT2D eigenvalue weighted by molar-refractivity contribution is 8.00. The second kappa shape index (κ2) is 9.59. The molecule has 3 aromatic rings. The van der Waals surface area contributed by atoms with E-state index in [4.69, 9.17) is 19.4 Å². The van der Waals surface area contributed by atoms with Crippen LogP contribution in [0, 0.1) is 5.92 Å². The number of nitrogens with zero attached hydrogens (tertiary/aromatic N) is 2. The number of hydrogen-bond donors (Lipinski definition) is 1. The van der Waals surface area contributed by atoms with Crippen LogP contribution in [-0.2, 0) is 4.79 Å². The first-order valence-corrected chi connectivity index (χ1v) is 12.7. The Balaban J connectivity index is 1.30. The SMILES string of the molecule is CC(C)C(NC(=O)CSc1nc(C2CC2)nc2ccccc12)c1ccc2c(c1)OCCCO2. The van der Waals surface area contributed by atoms with Gasteiger partial charge in [0.2, 0.25) is 5.91 Å². The Morgan fingerprint density at radius 3 is 2.67 bits per heavy atom. The summed E-state index contributed by atoms with van der Waals surface area (Å²) in [6.45, 7) is 5.53. The predicted molar refractivity (Wildman–Crippen MR) is 130 cm³/mol. The van der Waals surface area contributed by atoms with Crippen LogP contribution in [0.4, 0.5) is 0 Å². The van der Waals surface area contributed by atoms with E-state index in [-0.39, 0.29) is 17.9 Å². The molecule has 7 heteroatoms. The molecule has 33 heavy (non-hydrogen) atoms. The third kappa shape index (κ3) is 5.08. The molecule has 1 amide bonds. The predicted octanol–water partition coefficient (Wildman–Crippen LogP) is 5.27. The van der Waals surface area contributed by atoms with Crippen LogP contribution in [0.5, 0.6) is 11.5 Å². The highest BCUT2D eigenvalue weighted by atomic mass is 32.2. The molecule has 2 aliphatic rings. The largest absolute Gasteiger partial charge is 0.490 e. The molecule has 5 rings (SSSR count). The van der Waals surface area contributed by atoms with E-state index in [1.165, 1.54) is 11.8 Å². The number of benzene rings is 2. The van der Waals surface area contributed by atoms with Crippen LogP contribution >= 0.6 is 11.8 Å². The molecular formula is C26H29N3O3S. The normalized spacial score (nSPS) is 16.5. The summed E-state index contributed by atoms with van der Waals surface area (Å²) in [6.07, 6.45) is 3.16. The number of hydrogen-bond acceptors (Lipinski definition) is 6. The Morgan fingerprint density at radius 2 is 1.88 bits per heavy atom. The molecule has 172 valence electrons. The smallest absolute Gasteiger partial charge is 0.230 e. The second-order valence-electron chi connectivity index (χ2n) is 9.01.